The van der Waals surface area contributed by atoms with Crippen LogP contribution in [0.3, 0.4) is 0 Å². The maximum absolute atomic E-state index is 13.2. The van der Waals surface area contributed by atoms with Crippen LogP contribution in [-0.2, 0) is 19.0 Å². The van der Waals surface area contributed by atoms with Crippen molar-refractivity contribution in [1.29, 1.82) is 0 Å². The molecule has 2 amide bonds. The van der Waals surface area contributed by atoms with Crippen LogP contribution < -0.4 is 14.4 Å². The number of fused-ring (bicyclic) bond motifs is 2. The summed E-state index contributed by atoms with van der Waals surface area (Å²) in [5, 5.41) is 10.9. The van der Waals surface area contributed by atoms with Gasteiger partial charge in [0.2, 0.25) is 0 Å². The standard InChI is InChI=1S/C18H19F3N2O9S/c1-4-31-17(26)23-11-7-14(30-3)13(29-2)6-10(11)15(24)22-8-9(5-12(22)16(23)25)32-33(27,28)18(19,20)21/h6-8,12,16,25H,4-5H2,1-3H3/t12-,16?/m0/s1. The van der Waals surface area contributed by atoms with Crippen LogP contribution in [0.15, 0.2) is 24.1 Å². The Kier molecular flexibility index (Phi) is 6.39. The second-order valence-electron chi connectivity index (χ2n) is 6.77. The van der Waals surface area contributed by atoms with E-state index in [0.717, 1.165) is 16.0 Å². The van der Waals surface area contributed by atoms with E-state index in [1.165, 1.54) is 33.3 Å². The summed E-state index contributed by atoms with van der Waals surface area (Å²) in [6.07, 6.45) is -2.82. The quantitative estimate of drug-likeness (QED) is 0.480. The van der Waals surface area contributed by atoms with Gasteiger partial charge in [-0.25, -0.2) is 9.69 Å². The molecular weight excluding hydrogens is 477 g/mol. The molecule has 1 aromatic rings. The number of halogens is 3. The maximum atomic E-state index is 13.2. The van der Waals surface area contributed by atoms with Crippen molar-refractivity contribution < 1.29 is 54.7 Å². The van der Waals surface area contributed by atoms with Crippen molar-refractivity contribution in [1.82, 2.24) is 4.90 Å². The summed E-state index contributed by atoms with van der Waals surface area (Å²) in [5.74, 6) is -1.42. The molecule has 3 rings (SSSR count). The van der Waals surface area contributed by atoms with Crippen LogP contribution in [0.25, 0.3) is 0 Å². The summed E-state index contributed by atoms with van der Waals surface area (Å²) in [6, 6.07) is 1.07. The predicted octanol–water partition coefficient (Wildman–Crippen LogP) is 1.92. The lowest BCUT2D eigenvalue weighted by atomic mass is 10.1. The van der Waals surface area contributed by atoms with Gasteiger partial charge >= 0.3 is 21.7 Å². The Bertz CT molecular complexity index is 1100. The Balaban J connectivity index is 2.13. The van der Waals surface area contributed by atoms with Crippen molar-refractivity contribution in [3.05, 3.63) is 29.7 Å². The molecule has 0 aromatic heterocycles. The molecule has 0 radical (unpaired) electrons. The number of hydrogen-bond acceptors (Lipinski definition) is 9. The van der Waals surface area contributed by atoms with E-state index in [1.54, 1.807) is 0 Å². The van der Waals surface area contributed by atoms with Gasteiger partial charge in [-0.15, -0.1) is 0 Å². The van der Waals surface area contributed by atoms with Gasteiger partial charge in [-0.3, -0.25) is 4.79 Å². The zero-order chi connectivity index (χ0) is 24.7. The molecule has 0 aliphatic carbocycles. The highest BCUT2D eigenvalue weighted by Crippen LogP contribution is 2.42. The minimum Gasteiger partial charge on any atom is -0.493 e. The largest absolute Gasteiger partial charge is 0.534 e. The number of methoxy groups -OCH3 is 2. The number of nitrogens with zero attached hydrogens (tertiary/aromatic N) is 2. The van der Waals surface area contributed by atoms with Crippen molar-refractivity contribution in [3.63, 3.8) is 0 Å². The zero-order valence-corrected chi connectivity index (χ0v) is 18.3. The summed E-state index contributed by atoms with van der Waals surface area (Å²) in [4.78, 5) is 27.4. The van der Waals surface area contributed by atoms with E-state index >= 15 is 0 Å². The molecule has 2 aliphatic heterocycles. The smallest absolute Gasteiger partial charge is 0.493 e. The number of hydrogen-bond donors (Lipinski definition) is 1. The van der Waals surface area contributed by atoms with Gasteiger partial charge in [0, 0.05) is 18.7 Å². The van der Waals surface area contributed by atoms with E-state index in [9.17, 15) is 36.3 Å². The zero-order valence-electron chi connectivity index (χ0n) is 17.5. The fourth-order valence-electron chi connectivity index (χ4n) is 3.40. The molecular formula is C18H19F3N2O9S. The molecule has 11 nitrogen and oxygen atoms in total. The van der Waals surface area contributed by atoms with Crippen LogP contribution in [0.1, 0.15) is 23.7 Å². The molecule has 182 valence electrons. The Morgan fingerprint density at radius 3 is 2.36 bits per heavy atom. The van der Waals surface area contributed by atoms with Gasteiger partial charge < -0.3 is 28.4 Å². The number of alkyl halides is 3. The van der Waals surface area contributed by atoms with Gasteiger partial charge in [0.1, 0.15) is 5.76 Å². The van der Waals surface area contributed by atoms with Crippen molar-refractivity contribution in [2.45, 2.75) is 31.1 Å². The minimum absolute atomic E-state index is 0.0839. The average molecular weight is 496 g/mol. The highest BCUT2D eigenvalue weighted by Gasteiger charge is 2.51. The van der Waals surface area contributed by atoms with E-state index in [4.69, 9.17) is 14.2 Å². The molecule has 0 bridgehead atoms. The highest BCUT2D eigenvalue weighted by molar-refractivity contribution is 7.87. The molecule has 0 saturated carbocycles. The summed E-state index contributed by atoms with van der Waals surface area (Å²) in [5.41, 5.74) is -6.01. The number of benzene rings is 1. The van der Waals surface area contributed by atoms with Gasteiger partial charge in [0.05, 0.1) is 38.1 Å². The Morgan fingerprint density at radius 1 is 1.21 bits per heavy atom. The minimum atomic E-state index is -6.02. The molecule has 2 heterocycles. The van der Waals surface area contributed by atoms with Gasteiger partial charge in [0.15, 0.2) is 17.7 Å². The van der Waals surface area contributed by atoms with E-state index in [-0.39, 0.29) is 29.4 Å². The molecule has 33 heavy (non-hydrogen) atoms. The van der Waals surface area contributed by atoms with E-state index in [0.29, 0.717) is 0 Å². The topological polar surface area (TPSA) is 132 Å². The molecule has 0 fully saturated rings. The average Bonchev–Trinajstić information content (AvgIpc) is 3.12. The van der Waals surface area contributed by atoms with Gasteiger partial charge in [-0.1, -0.05) is 0 Å². The van der Waals surface area contributed by atoms with Crippen molar-refractivity contribution in [3.8, 4) is 11.5 Å². The first-order chi connectivity index (χ1) is 15.4. The lowest BCUT2D eigenvalue weighted by molar-refractivity contribution is -0.0523. The third-order valence-electron chi connectivity index (χ3n) is 4.85. The molecule has 0 spiro atoms. The number of carbonyl (C=O) groups excluding carboxylic acids is 2. The summed E-state index contributed by atoms with van der Waals surface area (Å²) >= 11 is 0. The molecule has 1 N–H and O–H groups in total. The van der Waals surface area contributed by atoms with Crippen LogP contribution in [0.4, 0.5) is 23.7 Å². The molecule has 0 saturated heterocycles. The SMILES string of the molecule is CCOC(=O)N1c2cc(OC)c(OC)cc2C(=O)N2C=C(OS(=O)(=O)C(F)(F)F)C[C@H]2C1O. The van der Waals surface area contributed by atoms with Crippen LogP contribution in [-0.4, -0.2) is 69.0 Å². The Morgan fingerprint density at radius 2 is 1.82 bits per heavy atom. The fourth-order valence-corrected chi connectivity index (χ4v) is 3.89. The number of aliphatic hydroxyl groups excluding tert-OH is 1. The fraction of sp³-hybridized carbons (Fsp3) is 0.444. The first-order valence-electron chi connectivity index (χ1n) is 9.30. The predicted molar refractivity (Wildman–Crippen MR) is 104 cm³/mol. The van der Waals surface area contributed by atoms with Crippen LogP contribution >= 0.6 is 0 Å². The number of aliphatic hydroxyl groups is 1. The third kappa shape index (κ3) is 4.25. The van der Waals surface area contributed by atoms with E-state index in [2.05, 4.69) is 4.18 Å². The van der Waals surface area contributed by atoms with Crippen LogP contribution in [0, 0.1) is 0 Å². The van der Waals surface area contributed by atoms with Crippen LogP contribution in [0.5, 0.6) is 11.5 Å². The maximum Gasteiger partial charge on any atom is 0.534 e. The number of anilines is 1. The molecule has 15 heteroatoms. The van der Waals surface area contributed by atoms with Gasteiger partial charge in [-0.05, 0) is 13.0 Å². The van der Waals surface area contributed by atoms with Gasteiger partial charge in [-0.2, -0.15) is 21.6 Å². The lowest BCUT2D eigenvalue weighted by Gasteiger charge is -2.31. The second kappa shape index (κ2) is 8.62. The first kappa shape index (κ1) is 24.4. The second-order valence-corrected chi connectivity index (χ2v) is 8.31. The Hall–Kier alpha value is -3.20. The molecule has 1 aromatic carbocycles. The molecule has 1 unspecified atom stereocenters. The highest BCUT2D eigenvalue weighted by atomic mass is 32.2. The van der Waals surface area contributed by atoms with Crippen LogP contribution in [0.2, 0.25) is 0 Å². The van der Waals surface area contributed by atoms with Crippen molar-refractivity contribution in [2.75, 3.05) is 25.7 Å². The normalized spacial score (nSPS) is 20.5. The summed E-state index contributed by atoms with van der Waals surface area (Å²) in [7, 11) is -3.42. The van der Waals surface area contributed by atoms with Gasteiger partial charge in [0.25, 0.3) is 5.91 Å². The number of rotatable bonds is 5. The summed E-state index contributed by atoms with van der Waals surface area (Å²) in [6.45, 7) is 1.41. The lowest BCUT2D eigenvalue weighted by Crippen LogP contribution is -2.50. The van der Waals surface area contributed by atoms with Crippen molar-refractivity contribution >= 4 is 27.8 Å². The summed E-state index contributed by atoms with van der Waals surface area (Å²) < 4.78 is 80.4. The molecule has 2 atom stereocenters. The van der Waals surface area contributed by atoms with E-state index in [1.807, 2.05) is 0 Å². The van der Waals surface area contributed by atoms with E-state index < -0.39 is 52.1 Å². The third-order valence-corrected chi connectivity index (χ3v) is 5.85. The Labute approximate surface area is 186 Å². The molecule has 2 aliphatic rings. The monoisotopic (exact) mass is 496 g/mol. The number of amides is 2. The first-order valence-corrected chi connectivity index (χ1v) is 10.7. The van der Waals surface area contributed by atoms with Crippen molar-refractivity contribution in [2.24, 2.45) is 0 Å². The number of ether oxygens (including phenoxy) is 3. The number of carbonyl (C=O) groups is 2.